The molecule has 0 saturated carbocycles. The number of carboxylic acids is 1. The van der Waals surface area contributed by atoms with Crippen LogP contribution in [0.5, 0.6) is 5.75 Å². The van der Waals surface area contributed by atoms with Crippen LogP contribution in [0.15, 0.2) is 52.3 Å². The third-order valence-corrected chi connectivity index (χ3v) is 4.95. The monoisotopic (exact) mass is 401 g/mol. The maximum Gasteiger partial charge on any atom is 0.303 e. The lowest BCUT2D eigenvalue weighted by Crippen LogP contribution is -2.36. The van der Waals surface area contributed by atoms with E-state index in [0.29, 0.717) is 17.1 Å². The topological polar surface area (TPSA) is 131 Å². The fraction of sp³-hybridized carbons (Fsp3) is 0.211. The summed E-state index contributed by atoms with van der Waals surface area (Å²) in [6, 6.07) is 11.9. The molecule has 146 valence electrons. The Morgan fingerprint density at radius 2 is 1.93 bits per heavy atom. The number of aliphatic carboxylic acids is 1. The first-order chi connectivity index (χ1) is 13.4. The molecule has 3 rings (SSSR count). The molecule has 0 aliphatic carbocycles. The molecule has 0 fully saturated rings. The summed E-state index contributed by atoms with van der Waals surface area (Å²) >= 11 is 1.51. The summed E-state index contributed by atoms with van der Waals surface area (Å²) in [4.78, 5) is 35.7. The Morgan fingerprint density at radius 3 is 2.64 bits per heavy atom. The van der Waals surface area contributed by atoms with E-state index >= 15 is 0 Å². The molecule has 1 heterocycles. The normalized spacial score (nSPS) is 13.7. The third-order valence-electron chi connectivity index (χ3n) is 3.95. The minimum atomic E-state index is -0.986. The summed E-state index contributed by atoms with van der Waals surface area (Å²) in [5, 5.41) is 14.1. The first-order valence-electron chi connectivity index (χ1n) is 8.53. The second-order valence-electron chi connectivity index (χ2n) is 6.15. The zero-order valence-corrected chi connectivity index (χ0v) is 15.6. The van der Waals surface area contributed by atoms with Gasteiger partial charge in [-0.05, 0) is 48.9 Å². The summed E-state index contributed by atoms with van der Waals surface area (Å²) in [6.07, 6.45) is -0.0751. The zero-order valence-electron chi connectivity index (χ0n) is 14.8. The van der Waals surface area contributed by atoms with Gasteiger partial charge in [-0.15, -0.1) is 0 Å². The number of hydrogen-bond acceptors (Lipinski definition) is 6. The molecule has 2 aromatic carbocycles. The number of carbonyl (C=O) groups is 3. The lowest BCUT2D eigenvalue weighted by molar-refractivity contribution is -0.137. The number of ether oxygens (including phenoxy) is 1. The van der Waals surface area contributed by atoms with Crippen LogP contribution in [0, 0.1) is 0 Å². The van der Waals surface area contributed by atoms with Crippen molar-refractivity contribution in [3.8, 4) is 5.75 Å². The number of carboxylic acid groups (broad SMARTS) is 1. The van der Waals surface area contributed by atoms with Gasteiger partial charge >= 0.3 is 5.97 Å². The molecular formula is C19H19N3O5S. The molecule has 5 N–H and O–H groups in total. The molecule has 28 heavy (non-hydrogen) atoms. The average molecular weight is 401 g/mol. The molecular weight excluding hydrogens is 382 g/mol. The predicted octanol–water partition coefficient (Wildman–Crippen LogP) is 2.30. The van der Waals surface area contributed by atoms with Crippen molar-refractivity contribution < 1.29 is 24.2 Å². The number of nitrogens with one attached hydrogen (secondary N) is 2. The fourth-order valence-corrected chi connectivity index (χ4v) is 3.35. The summed E-state index contributed by atoms with van der Waals surface area (Å²) in [7, 11) is 0. The van der Waals surface area contributed by atoms with Crippen LogP contribution in [0.25, 0.3) is 0 Å². The van der Waals surface area contributed by atoms with Crippen molar-refractivity contribution in [2.24, 2.45) is 5.73 Å². The van der Waals surface area contributed by atoms with Gasteiger partial charge in [-0.2, -0.15) is 0 Å². The number of nitrogens with two attached hydrogens (primary N) is 1. The first kappa shape index (κ1) is 19.7. The van der Waals surface area contributed by atoms with Gasteiger partial charge in [0.1, 0.15) is 5.75 Å². The van der Waals surface area contributed by atoms with Gasteiger partial charge in [0, 0.05) is 21.9 Å². The Balaban J connectivity index is 1.58. The van der Waals surface area contributed by atoms with E-state index < -0.39 is 17.9 Å². The van der Waals surface area contributed by atoms with Crippen LogP contribution in [0.3, 0.4) is 0 Å². The number of rotatable bonds is 7. The molecule has 0 bridgehead atoms. The Kier molecular flexibility index (Phi) is 6.17. The molecule has 1 aliphatic heterocycles. The highest BCUT2D eigenvalue weighted by atomic mass is 32.2. The smallest absolute Gasteiger partial charge is 0.303 e. The third kappa shape index (κ3) is 5.24. The van der Waals surface area contributed by atoms with E-state index in [2.05, 4.69) is 10.6 Å². The molecule has 0 saturated heterocycles. The van der Waals surface area contributed by atoms with Crippen molar-refractivity contribution in [2.75, 3.05) is 17.2 Å². The predicted molar refractivity (Wildman–Crippen MR) is 105 cm³/mol. The lowest BCUT2D eigenvalue weighted by Gasteiger charge is -2.18. The maximum absolute atomic E-state index is 12.0. The highest BCUT2D eigenvalue weighted by molar-refractivity contribution is 7.99. The number of amides is 2. The molecule has 9 heteroatoms. The van der Waals surface area contributed by atoms with Crippen LogP contribution >= 0.6 is 11.8 Å². The molecule has 1 aliphatic rings. The van der Waals surface area contributed by atoms with Crippen LogP contribution < -0.4 is 21.1 Å². The second-order valence-corrected chi connectivity index (χ2v) is 7.30. The molecule has 2 amide bonds. The van der Waals surface area contributed by atoms with E-state index in [-0.39, 0.29) is 25.4 Å². The van der Waals surface area contributed by atoms with Crippen LogP contribution in [0.4, 0.5) is 11.4 Å². The standard InChI is InChI=1S/C19H19N3O5S/c20-14(6-8-18(24)25)19(26)21-11-1-3-12(4-2-11)28-13-5-7-15-16(9-13)27-10-17(23)22-15/h1-5,7,9,14H,6,8,10,20H2,(H,21,26)(H,22,23)(H,24,25). The Hall–Kier alpha value is -3.04. The number of anilines is 2. The van der Waals surface area contributed by atoms with E-state index in [0.717, 1.165) is 9.79 Å². The molecule has 2 aromatic rings. The largest absolute Gasteiger partial charge is 0.482 e. The molecule has 0 spiro atoms. The molecule has 8 nitrogen and oxygen atoms in total. The highest BCUT2D eigenvalue weighted by Crippen LogP contribution is 2.35. The number of carbonyl (C=O) groups excluding carboxylic acids is 2. The Labute approximate surface area is 165 Å². The van der Waals surface area contributed by atoms with Gasteiger partial charge in [0.2, 0.25) is 5.91 Å². The van der Waals surface area contributed by atoms with Gasteiger partial charge < -0.3 is 26.2 Å². The van der Waals surface area contributed by atoms with Crippen LogP contribution in [-0.2, 0) is 14.4 Å². The quantitative estimate of drug-likeness (QED) is 0.560. The van der Waals surface area contributed by atoms with Crippen molar-refractivity contribution in [1.29, 1.82) is 0 Å². The van der Waals surface area contributed by atoms with Gasteiger partial charge in [-0.1, -0.05) is 11.8 Å². The van der Waals surface area contributed by atoms with E-state index in [1.807, 2.05) is 24.3 Å². The number of fused-ring (bicyclic) bond motifs is 1. The highest BCUT2D eigenvalue weighted by Gasteiger charge is 2.17. The van der Waals surface area contributed by atoms with Gasteiger partial charge in [0.05, 0.1) is 11.7 Å². The first-order valence-corrected chi connectivity index (χ1v) is 9.35. The summed E-state index contributed by atoms with van der Waals surface area (Å²) in [6.45, 7) is 0.00408. The Bertz CT molecular complexity index is 901. The maximum atomic E-state index is 12.0. The zero-order chi connectivity index (χ0) is 20.1. The summed E-state index contributed by atoms with van der Waals surface area (Å²) < 4.78 is 5.41. The molecule has 1 atom stereocenters. The number of hydrogen-bond donors (Lipinski definition) is 4. The van der Waals surface area contributed by atoms with Crippen molar-refractivity contribution in [3.63, 3.8) is 0 Å². The second kappa shape index (κ2) is 8.77. The van der Waals surface area contributed by atoms with Crippen molar-refractivity contribution in [3.05, 3.63) is 42.5 Å². The average Bonchev–Trinajstić information content (AvgIpc) is 2.67. The van der Waals surface area contributed by atoms with Crippen LogP contribution in [-0.4, -0.2) is 35.5 Å². The van der Waals surface area contributed by atoms with Crippen LogP contribution in [0.1, 0.15) is 12.8 Å². The Morgan fingerprint density at radius 1 is 1.21 bits per heavy atom. The lowest BCUT2D eigenvalue weighted by atomic mass is 10.1. The minimum absolute atomic E-state index is 0.00408. The van der Waals surface area contributed by atoms with E-state index in [4.69, 9.17) is 15.6 Å². The molecule has 1 unspecified atom stereocenters. The van der Waals surface area contributed by atoms with Gasteiger partial charge in [-0.25, -0.2) is 0 Å². The van der Waals surface area contributed by atoms with Crippen molar-refractivity contribution in [2.45, 2.75) is 28.7 Å². The van der Waals surface area contributed by atoms with Gasteiger partial charge in [0.25, 0.3) is 5.91 Å². The van der Waals surface area contributed by atoms with E-state index in [9.17, 15) is 14.4 Å². The SMILES string of the molecule is NC(CCC(=O)O)C(=O)Nc1ccc(Sc2ccc3c(c2)OCC(=O)N3)cc1. The summed E-state index contributed by atoms with van der Waals surface area (Å²) in [5.41, 5.74) is 6.92. The fourth-order valence-electron chi connectivity index (χ4n) is 2.51. The van der Waals surface area contributed by atoms with E-state index in [1.165, 1.54) is 11.8 Å². The van der Waals surface area contributed by atoms with E-state index in [1.54, 1.807) is 18.2 Å². The van der Waals surface area contributed by atoms with Crippen molar-refractivity contribution in [1.82, 2.24) is 0 Å². The summed E-state index contributed by atoms with van der Waals surface area (Å²) in [5.74, 6) is -0.952. The van der Waals surface area contributed by atoms with Gasteiger partial charge in [0.15, 0.2) is 6.61 Å². The molecule has 0 radical (unpaired) electrons. The molecule has 0 aromatic heterocycles. The van der Waals surface area contributed by atoms with Crippen molar-refractivity contribution >= 4 is 40.9 Å². The van der Waals surface area contributed by atoms with Crippen LogP contribution in [0.2, 0.25) is 0 Å². The number of benzene rings is 2. The van der Waals surface area contributed by atoms with Gasteiger partial charge in [-0.3, -0.25) is 14.4 Å². The minimum Gasteiger partial charge on any atom is -0.482 e.